The summed E-state index contributed by atoms with van der Waals surface area (Å²) in [5.41, 5.74) is 11.7. The van der Waals surface area contributed by atoms with Crippen molar-refractivity contribution in [1.82, 2.24) is 4.90 Å². The van der Waals surface area contributed by atoms with Crippen molar-refractivity contribution in [2.75, 3.05) is 18.4 Å². The van der Waals surface area contributed by atoms with E-state index in [1.807, 2.05) is 0 Å². The van der Waals surface area contributed by atoms with Crippen LogP contribution < -0.4 is 5.32 Å². The van der Waals surface area contributed by atoms with Crippen molar-refractivity contribution in [3.8, 4) is 0 Å². The van der Waals surface area contributed by atoms with Crippen LogP contribution in [0, 0.1) is 29.6 Å². The quantitative estimate of drug-likeness (QED) is 0.193. The first-order chi connectivity index (χ1) is 24.2. The maximum Gasteiger partial charge on any atom is 0.0375 e. The molecule has 266 valence electrons. The van der Waals surface area contributed by atoms with Crippen LogP contribution in [0.15, 0.2) is 107 Å². The van der Waals surface area contributed by atoms with E-state index in [0.29, 0.717) is 35.6 Å². The highest BCUT2D eigenvalue weighted by Gasteiger charge is 2.34. The van der Waals surface area contributed by atoms with Crippen LogP contribution in [0.5, 0.6) is 0 Å². The smallest absolute Gasteiger partial charge is 0.0375 e. The van der Waals surface area contributed by atoms with E-state index in [2.05, 4.69) is 151 Å². The molecule has 7 unspecified atom stereocenters. The first-order valence-corrected chi connectivity index (χ1v) is 20.0. The van der Waals surface area contributed by atoms with Gasteiger partial charge in [0.1, 0.15) is 0 Å². The molecule has 0 heterocycles. The summed E-state index contributed by atoms with van der Waals surface area (Å²) in [6, 6.07) is 24.2. The minimum atomic E-state index is 0.223. The number of rotatable bonds is 12. The molecule has 2 heteroatoms. The predicted molar refractivity (Wildman–Crippen MR) is 218 cm³/mol. The molecule has 0 amide bonds. The third kappa shape index (κ3) is 7.85. The van der Waals surface area contributed by atoms with Crippen molar-refractivity contribution < 1.29 is 0 Å². The van der Waals surface area contributed by atoms with E-state index in [1.54, 1.807) is 11.1 Å². The molecule has 0 radical (unpaired) electrons. The Hall–Kier alpha value is -3.52. The third-order valence-electron chi connectivity index (χ3n) is 12.2. The topological polar surface area (TPSA) is 15.3 Å². The molecule has 0 fully saturated rings. The molecule has 0 bridgehead atoms. The van der Waals surface area contributed by atoms with Gasteiger partial charge in [0.2, 0.25) is 0 Å². The Kier molecular flexibility index (Phi) is 11.8. The first kappa shape index (κ1) is 36.3. The molecular formula is C48H64N2. The average Bonchev–Trinajstić information content (AvgIpc) is 3.09. The molecule has 3 aliphatic rings. The first-order valence-electron chi connectivity index (χ1n) is 20.0. The highest BCUT2D eigenvalue weighted by molar-refractivity contribution is 5.90. The lowest BCUT2D eigenvalue weighted by molar-refractivity contribution is 0.142. The Morgan fingerprint density at radius 3 is 2.22 bits per heavy atom. The number of allylic oxidation sites excluding steroid dienone is 7. The molecule has 6 rings (SSSR count). The zero-order chi connectivity index (χ0) is 35.4. The number of anilines is 1. The number of benzene rings is 3. The number of hydrogen-bond acceptors (Lipinski definition) is 2. The Balaban J connectivity index is 1.40. The normalized spacial score (nSPS) is 26.1. The van der Waals surface area contributed by atoms with Crippen molar-refractivity contribution >= 4 is 16.5 Å². The Bertz CT molecular complexity index is 1740. The van der Waals surface area contributed by atoms with Gasteiger partial charge in [0.25, 0.3) is 0 Å². The molecule has 0 spiro atoms. The van der Waals surface area contributed by atoms with Gasteiger partial charge >= 0.3 is 0 Å². The third-order valence-corrected chi connectivity index (χ3v) is 12.2. The van der Waals surface area contributed by atoms with E-state index < -0.39 is 0 Å². The van der Waals surface area contributed by atoms with Crippen LogP contribution in [0.2, 0.25) is 0 Å². The van der Waals surface area contributed by atoms with Crippen LogP contribution >= 0.6 is 0 Å². The van der Waals surface area contributed by atoms with Crippen LogP contribution in [-0.2, 0) is 6.42 Å². The van der Waals surface area contributed by atoms with Crippen molar-refractivity contribution in [3.05, 3.63) is 124 Å². The Morgan fingerprint density at radius 1 is 0.800 bits per heavy atom. The van der Waals surface area contributed by atoms with E-state index in [0.717, 1.165) is 38.8 Å². The summed E-state index contributed by atoms with van der Waals surface area (Å²) in [6.45, 7) is 21.2. The van der Waals surface area contributed by atoms with Crippen molar-refractivity contribution in [3.63, 3.8) is 0 Å². The lowest BCUT2D eigenvalue weighted by atomic mass is 9.72. The van der Waals surface area contributed by atoms with E-state index in [9.17, 15) is 0 Å². The van der Waals surface area contributed by atoms with Gasteiger partial charge in [-0.3, -0.25) is 0 Å². The maximum absolute atomic E-state index is 3.60. The minimum Gasteiger partial charge on any atom is -0.385 e. The predicted octanol–water partition coefficient (Wildman–Crippen LogP) is 12.9. The molecule has 7 atom stereocenters. The van der Waals surface area contributed by atoms with Gasteiger partial charge in [-0.1, -0.05) is 125 Å². The van der Waals surface area contributed by atoms with E-state index in [4.69, 9.17) is 0 Å². The van der Waals surface area contributed by atoms with Gasteiger partial charge in [-0.2, -0.15) is 0 Å². The van der Waals surface area contributed by atoms with Gasteiger partial charge in [0, 0.05) is 36.4 Å². The number of hydrogen-bond donors (Lipinski definition) is 1. The van der Waals surface area contributed by atoms with Crippen molar-refractivity contribution in [1.29, 1.82) is 0 Å². The molecule has 3 aromatic carbocycles. The number of nitrogens with zero attached hydrogens (tertiary/aromatic N) is 1. The second kappa shape index (κ2) is 16.2. The average molecular weight is 669 g/mol. The second-order valence-corrected chi connectivity index (χ2v) is 16.4. The molecule has 0 aliphatic heterocycles. The standard InChI is InChI=1S/C48H64N2/c1-9-25-49-41-20-15-38(16-21-41)47(39-17-22-42(23-18-39)50(26-10-2)48-36(7)29-33(4)30-37(48)8)45-24-19-40(43-13-11-12-14-44(43)45)31-46-34(5)27-32(3)28-35(46)6/h11-17,19-22,24,27,29,32,35-37,46-49H,9-10,18,23,25-26,28,30-31H2,1-8H3. The maximum atomic E-state index is 3.60. The van der Waals surface area contributed by atoms with Gasteiger partial charge in [-0.15, -0.1) is 0 Å². The zero-order valence-electron chi connectivity index (χ0n) is 32.4. The van der Waals surface area contributed by atoms with E-state index in [1.165, 1.54) is 63.7 Å². The highest BCUT2D eigenvalue weighted by atomic mass is 15.2. The fourth-order valence-corrected chi connectivity index (χ4v) is 10.1. The van der Waals surface area contributed by atoms with Crippen LogP contribution in [0.4, 0.5) is 5.69 Å². The lowest BCUT2D eigenvalue weighted by Crippen LogP contribution is -2.45. The van der Waals surface area contributed by atoms with Crippen LogP contribution in [0.3, 0.4) is 0 Å². The van der Waals surface area contributed by atoms with Crippen molar-refractivity contribution in [2.45, 2.75) is 112 Å². The fourth-order valence-electron chi connectivity index (χ4n) is 10.1. The highest BCUT2D eigenvalue weighted by Crippen LogP contribution is 2.44. The summed E-state index contributed by atoms with van der Waals surface area (Å²) in [5, 5.41) is 6.44. The zero-order valence-corrected chi connectivity index (χ0v) is 32.4. The molecule has 0 saturated carbocycles. The molecule has 0 aromatic heterocycles. The monoisotopic (exact) mass is 669 g/mol. The minimum absolute atomic E-state index is 0.223. The molecular weight excluding hydrogens is 605 g/mol. The Labute approximate surface area is 304 Å². The number of fused-ring (bicyclic) bond motifs is 1. The summed E-state index contributed by atoms with van der Waals surface area (Å²) < 4.78 is 0. The van der Waals surface area contributed by atoms with Crippen LogP contribution in [0.25, 0.3) is 10.8 Å². The summed E-state index contributed by atoms with van der Waals surface area (Å²) in [7, 11) is 0. The van der Waals surface area contributed by atoms with Crippen LogP contribution in [0.1, 0.15) is 117 Å². The molecule has 50 heavy (non-hydrogen) atoms. The number of nitrogens with one attached hydrogen (secondary N) is 1. The van der Waals surface area contributed by atoms with Gasteiger partial charge in [0.05, 0.1) is 0 Å². The van der Waals surface area contributed by atoms with Gasteiger partial charge in [0.15, 0.2) is 0 Å². The van der Waals surface area contributed by atoms with Gasteiger partial charge in [-0.05, 0) is 134 Å². The SMILES string of the molecule is CCCNc1ccc(C(C2=CC=C(N(CCC)C3C(C)C=C(C)CC3C)CC2)c2ccc(CC3C(C)=CC(C)CC3C)c3ccccc23)cc1. The van der Waals surface area contributed by atoms with Crippen molar-refractivity contribution in [2.24, 2.45) is 29.6 Å². The molecule has 3 aliphatic carbocycles. The lowest BCUT2D eigenvalue weighted by Gasteiger charge is -2.45. The summed E-state index contributed by atoms with van der Waals surface area (Å²) in [6.07, 6.45) is 18.2. The fraction of sp³-hybridized carbons (Fsp3) is 0.500. The molecule has 3 aromatic rings. The van der Waals surface area contributed by atoms with Crippen LogP contribution in [-0.4, -0.2) is 24.0 Å². The second-order valence-electron chi connectivity index (χ2n) is 16.4. The molecule has 0 saturated heterocycles. The molecule has 1 N–H and O–H groups in total. The molecule has 2 nitrogen and oxygen atoms in total. The largest absolute Gasteiger partial charge is 0.385 e. The van der Waals surface area contributed by atoms with Gasteiger partial charge in [-0.25, -0.2) is 0 Å². The Morgan fingerprint density at radius 2 is 1.56 bits per heavy atom. The van der Waals surface area contributed by atoms with E-state index >= 15 is 0 Å². The van der Waals surface area contributed by atoms with Gasteiger partial charge < -0.3 is 10.2 Å². The van der Waals surface area contributed by atoms with E-state index in [-0.39, 0.29) is 5.92 Å². The summed E-state index contributed by atoms with van der Waals surface area (Å²) >= 11 is 0. The summed E-state index contributed by atoms with van der Waals surface area (Å²) in [5.74, 6) is 3.48. The summed E-state index contributed by atoms with van der Waals surface area (Å²) in [4.78, 5) is 2.79.